The van der Waals surface area contributed by atoms with Gasteiger partial charge in [0, 0.05) is 17.6 Å². The van der Waals surface area contributed by atoms with Crippen LogP contribution in [0.4, 0.5) is 5.69 Å². The molecule has 4 nitrogen and oxygen atoms in total. The molecule has 1 N–H and O–H groups in total. The van der Waals surface area contributed by atoms with Gasteiger partial charge in [0.25, 0.3) is 5.91 Å². The van der Waals surface area contributed by atoms with Crippen molar-refractivity contribution in [3.8, 4) is 0 Å². The Bertz CT molecular complexity index is 811. The van der Waals surface area contributed by atoms with Crippen LogP contribution in [0.3, 0.4) is 0 Å². The van der Waals surface area contributed by atoms with Gasteiger partial charge in [-0.05, 0) is 42.7 Å². The summed E-state index contributed by atoms with van der Waals surface area (Å²) in [5, 5.41) is 11.7. The molecule has 2 aromatic rings. The SMILES string of the molecule is O=C1c2ccccc2N(Cc2ccc(Cl)cc2)C(O)N1C1CC=CC1. The van der Waals surface area contributed by atoms with Gasteiger partial charge in [-0.25, -0.2) is 0 Å². The smallest absolute Gasteiger partial charge is 0.259 e. The summed E-state index contributed by atoms with van der Waals surface area (Å²) in [4.78, 5) is 16.4. The Morgan fingerprint density at radius 2 is 1.72 bits per heavy atom. The minimum atomic E-state index is -0.983. The summed E-state index contributed by atoms with van der Waals surface area (Å²) in [7, 11) is 0. The Hall–Kier alpha value is -2.30. The topological polar surface area (TPSA) is 43.8 Å². The highest BCUT2D eigenvalue weighted by atomic mass is 35.5. The molecule has 0 fully saturated rings. The van der Waals surface area contributed by atoms with Crippen molar-refractivity contribution in [1.82, 2.24) is 4.90 Å². The predicted octanol–water partition coefficient (Wildman–Crippen LogP) is 3.80. The highest BCUT2D eigenvalue weighted by molar-refractivity contribution is 6.30. The minimum Gasteiger partial charge on any atom is -0.356 e. The van der Waals surface area contributed by atoms with Gasteiger partial charge < -0.3 is 10.0 Å². The summed E-state index contributed by atoms with van der Waals surface area (Å²) < 4.78 is 0. The standard InChI is InChI=1S/C20H19ClN2O2/c21-15-11-9-14(10-12-15)13-22-18-8-4-3-7-17(18)19(24)23(20(22)25)16-5-1-2-6-16/h1-4,7-12,16,20,25H,5-6,13H2. The lowest BCUT2D eigenvalue weighted by atomic mass is 10.0. The average Bonchev–Trinajstić information content (AvgIpc) is 3.15. The Morgan fingerprint density at radius 1 is 1.04 bits per heavy atom. The third kappa shape index (κ3) is 2.92. The van der Waals surface area contributed by atoms with Gasteiger partial charge in [0.15, 0.2) is 0 Å². The normalized spacial score (nSPS) is 20.2. The van der Waals surface area contributed by atoms with Crippen LogP contribution in [0.1, 0.15) is 28.8 Å². The van der Waals surface area contributed by atoms with E-state index in [0.717, 1.165) is 24.1 Å². The number of para-hydroxylation sites is 1. The minimum absolute atomic E-state index is 0.00331. The Balaban J connectivity index is 1.71. The van der Waals surface area contributed by atoms with E-state index in [1.54, 1.807) is 4.90 Å². The van der Waals surface area contributed by atoms with Crippen LogP contribution >= 0.6 is 11.6 Å². The molecule has 0 aromatic heterocycles. The fourth-order valence-corrected chi connectivity index (χ4v) is 3.69. The number of rotatable bonds is 3. The Morgan fingerprint density at radius 3 is 2.44 bits per heavy atom. The molecule has 1 amide bonds. The molecule has 1 atom stereocenters. The maximum absolute atomic E-state index is 13.0. The molecule has 1 aliphatic heterocycles. The number of anilines is 1. The summed E-state index contributed by atoms with van der Waals surface area (Å²) in [6, 6.07) is 15.0. The molecule has 0 radical (unpaired) electrons. The van der Waals surface area contributed by atoms with Crippen molar-refractivity contribution in [2.75, 3.05) is 4.90 Å². The van der Waals surface area contributed by atoms with E-state index in [4.69, 9.17) is 11.6 Å². The molecule has 0 bridgehead atoms. The number of nitrogens with zero attached hydrogens (tertiary/aromatic N) is 2. The third-order valence-corrected chi connectivity index (χ3v) is 5.10. The van der Waals surface area contributed by atoms with Crippen LogP contribution in [0.5, 0.6) is 0 Å². The second-order valence-electron chi connectivity index (χ2n) is 6.43. The molecular formula is C20H19ClN2O2. The fourth-order valence-electron chi connectivity index (χ4n) is 3.56. The number of amides is 1. The summed E-state index contributed by atoms with van der Waals surface area (Å²) in [6.07, 6.45) is 4.70. The fraction of sp³-hybridized carbons (Fsp3) is 0.250. The maximum atomic E-state index is 13.0. The Labute approximate surface area is 151 Å². The summed E-state index contributed by atoms with van der Waals surface area (Å²) in [6.45, 7) is 0.499. The largest absolute Gasteiger partial charge is 0.356 e. The second-order valence-corrected chi connectivity index (χ2v) is 6.86. The van der Waals surface area contributed by atoms with Gasteiger partial charge in [0.1, 0.15) is 0 Å². The van der Waals surface area contributed by atoms with Crippen LogP contribution in [-0.2, 0) is 6.54 Å². The third-order valence-electron chi connectivity index (χ3n) is 4.85. The number of halogens is 1. The molecule has 5 heteroatoms. The molecule has 25 heavy (non-hydrogen) atoms. The zero-order valence-corrected chi connectivity index (χ0v) is 14.4. The van der Waals surface area contributed by atoms with Gasteiger partial charge in [0.05, 0.1) is 11.3 Å². The van der Waals surface area contributed by atoms with Crippen molar-refractivity contribution in [3.05, 3.63) is 76.8 Å². The summed E-state index contributed by atoms with van der Waals surface area (Å²) in [5.74, 6) is -0.107. The van der Waals surface area contributed by atoms with Crippen LogP contribution in [0.2, 0.25) is 5.02 Å². The molecule has 0 spiro atoms. The van der Waals surface area contributed by atoms with Crippen LogP contribution in [0, 0.1) is 0 Å². The lowest BCUT2D eigenvalue weighted by Crippen LogP contribution is -2.58. The van der Waals surface area contributed by atoms with Crippen molar-refractivity contribution in [2.45, 2.75) is 31.8 Å². The van der Waals surface area contributed by atoms with Crippen molar-refractivity contribution in [1.29, 1.82) is 0 Å². The number of hydrogen-bond acceptors (Lipinski definition) is 3. The predicted molar refractivity (Wildman–Crippen MR) is 98.4 cm³/mol. The van der Waals surface area contributed by atoms with Gasteiger partial charge in [0.2, 0.25) is 6.35 Å². The van der Waals surface area contributed by atoms with Gasteiger partial charge in [-0.1, -0.05) is 48.0 Å². The zero-order valence-electron chi connectivity index (χ0n) is 13.7. The molecule has 0 saturated heterocycles. The molecule has 2 aromatic carbocycles. The maximum Gasteiger partial charge on any atom is 0.259 e. The van der Waals surface area contributed by atoms with Crippen LogP contribution in [0.15, 0.2) is 60.7 Å². The molecule has 0 saturated carbocycles. The lowest BCUT2D eigenvalue weighted by Gasteiger charge is -2.45. The molecule has 1 heterocycles. The van der Waals surface area contributed by atoms with E-state index < -0.39 is 6.35 Å². The van der Waals surface area contributed by atoms with Gasteiger partial charge >= 0.3 is 0 Å². The first-order valence-corrected chi connectivity index (χ1v) is 8.79. The Kier molecular flexibility index (Phi) is 4.24. The van der Waals surface area contributed by atoms with E-state index in [9.17, 15) is 9.90 Å². The first-order chi connectivity index (χ1) is 12.1. The average molecular weight is 355 g/mol. The monoisotopic (exact) mass is 354 g/mol. The van der Waals surface area contributed by atoms with Crippen LogP contribution in [0.25, 0.3) is 0 Å². The van der Waals surface area contributed by atoms with E-state index in [-0.39, 0.29) is 11.9 Å². The molecule has 2 aliphatic rings. The molecule has 4 rings (SSSR count). The summed E-state index contributed by atoms with van der Waals surface area (Å²) in [5.41, 5.74) is 2.42. The number of aliphatic hydroxyl groups excluding tert-OH is 1. The van der Waals surface area contributed by atoms with Crippen molar-refractivity contribution in [3.63, 3.8) is 0 Å². The van der Waals surface area contributed by atoms with Gasteiger partial charge in [-0.2, -0.15) is 0 Å². The lowest BCUT2D eigenvalue weighted by molar-refractivity contribution is -0.0170. The van der Waals surface area contributed by atoms with Crippen LogP contribution in [-0.4, -0.2) is 28.3 Å². The summed E-state index contributed by atoms with van der Waals surface area (Å²) >= 11 is 5.97. The highest BCUT2D eigenvalue weighted by Crippen LogP contribution is 2.34. The number of carbonyl (C=O) groups is 1. The first-order valence-electron chi connectivity index (χ1n) is 8.41. The van der Waals surface area contributed by atoms with E-state index >= 15 is 0 Å². The number of aliphatic hydroxyl groups is 1. The van der Waals surface area contributed by atoms with Crippen molar-refractivity contribution >= 4 is 23.2 Å². The molecule has 1 unspecified atom stereocenters. The number of hydrogen-bond donors (Lipinski definition) is 1. The van der Waals surface area contributed by atoms with E-state index in [1.807, 2.05) is 53.4 Å². The highest BCUT2D eigenvalue weighted by Gasteiger charge is 2.40. The second kappa shape index (κ2) is 6.54. The van der Waals surface area contributed by atoms with Crippen LogP contribution < -0.4 is 4.90 Å². The molecule has 128 valence electrons. The van der Waals surface area contributed by atoms with E-state index in [1.165, 1.54) is 0 Å². The first kappa shape index (κ1) is 16.2. The molecule has 1 aliphatic carbocycles. The quantitative estimate of drug-likeness (QED) is 0.853. The van der Waals surface area contributed by atoms with E-state index in [2.05, 4.69) is 12.2 Å². The van der Waals surface area contributed by atoms with Gasteiger partial charge in [-0.15, -0.1) is 0 Å². The van der Waals surface area contributed by atoms with Crippen molar-refractivity contribution < 1.29 is 9.90 Å². The number of fused-ring (bicyclic) bond motifs is 1. The van der Waals surface area contributed by atoms with Crippen molar-refractivity contribution in [2.24, 2.45) is 0 Å². The molecular weight excluding hydrogens is 336 g/mol. The number of benzene rings is 2. The zero-order chi connectivity index (χ0) is 17.4. The number of carbonyl (C=O) groups excluding carboxylic acids is 1. The van der Waals surface area contributed by atoms with Gasteiger partial charge in [-0.3, -0.25) is 9.69 Å². The van der Waals surface area contributed by atoms with E-state index in [0.29, 0.717) is 17.1 Å².